The van der Waals surface area contributed by atoms with E-state index in [-0.39, 0.29) is 18.0 Å². The largest absolute Gasteiger partial charge is 0.483 e. The Morgan fingerprint density at radius 1 is 1.33 bits per heavy atom. The van der Waals surface area contributed by atoms with Crippen molar-refractivity contribution in [3.8, 4) is 5.75 Å². The molecular weight excluding hydrogens is 361 g/mol. The molecule has 1 amide bonds. The van der Waals surface area contributed by atoms with E-state index in [4.69, 9.17) is 4.74 Å². The van der Waals surface area contributed by atoms with Crippen LogP contribution in [0.2, 0.25) is 0 Å². The fraction of sp³-hybridized carbons (Fsp3) is 0.526. The van der Waals surface area contributed by atoms with Gasteiger partial charge in [0.25, 0.3) is 0 Å². The van der Waals surface area contributed by atoms with Gasteiger partial charge in [-0.15, -0.1) is 0 Å². The molecular formula is C19H23F3N2O3. The Kier molecular flexibility index (Phi) is 4.98. The van der Waals surface area contributed by atoms with Crippen LogP contribution >= 0.6 is 0 Å². The molecule has 0 radical (unpaired) electrons. The Labute approximate surface area is 156 Å². The first-order valence-electron chi connectivity index (χ1n) is 8.93. The molecule has 0 saturated carbocycles. The number of hydrogen-bond donors (Lipinski definition) is 1. The highest BCUT2D eigenvalue weighted by Gasteiger charge is 2.41. The van der Waals surface area contributed by atoms with Gasteiger partial charge in [-0.3, -0.25) is 4.79 Å². The number of amides is 1. The second kappa shape index (κ2) is 6.83. The number of benzene rings is 1. The first-order valence-corrected chi connectivity index (χ1v) is 8.93. The fourth-order valence-corrected chi connectivity index (χ4v) is 3.52. The lowest BCUT2D eigenvalue weighted by Crippen LogP contribution is -2.43. The average molecular weight is 384 g/mol. The summed E-state index contributed by atoms with van der Waals surface area (Å²) < 4.78 is 45.8. The molecule has 2 aliphatic heterocycles. The van der Waals surface area contributed by atoms with Crippen LogP contribution in [0.1, 0.15) is 44.7 Å². The highest BCUT2D eigenvalue weighted by Crippen LogP contribution is 2.45. The Bertz CT molecular complexity index is 787. The first kappa shape index (κ1) is 19.7. The van der Waals surface area contributed by atoms with Crippen molar-refractivity contribution in [1.82, 2.24) is 9.96 Å². The van der Waals surface area contributed by atoms with Crippen molar-refractivity contribution in [2.75, 3.05) is 19.6 Å². The summed E-state index contributed by atoms with van der Waals surface area (Å²) in [4.78, 5) is 14.0. The van der Waals surface area contributed by atoms with Crippen LogP contribution in [0, 0.1) is 0 Å². The summed E-state index contributed by atoms with van der Waals surface area (Å²) in [5, 5.41) is 11.1. The molecule has 1 aromatic rings. The van der Waals surface area contributed by atoms with E-state index in [1.54, 1.807) is 20.8 Å². The van der Waals surface area contributed by atoms with Crippen LogP contribution in [-0.4, -0.2) is 46.3 Å². The predicted octanol–water partition coefficient (Wildman–Crippen LogP) is 3.92. The summed E-state index contributed by atoms with van der Waals surface area (Å²) >= 11 is 0. The van der Waals surface area contributed by atoms with Gasteiger partial charge in [-0.2, -0.15) is 18.2 Å². The monoisotopic (exact) mass is 384 g/mol. The Morgan fingerprint density at radius 2 is 2.04 bits per heavy atom. The van der Waals surface area contributed by atoms with Crippen molar-refractivity contribution in [1.29, 1.82) is 0 Å². The highest BCUT2D eigenvalue weighted by atomic mass is 19.4. The maximum Gasteiger partial charge on any atom is 0.416 e. The quantitative estimate of drug-likeness (QED) is 0.800. The van der Waals surface area contributed by atoms with Crippen LogP contribution in [-0.2, 0) is 11.0 Å². The number of carbonyl (C=O) groups is 1. The smallest absolute Gasteiger partial charge is 0.416 e. The molecule has 1 fully saturated rings. The number of alkyl halides is 3. The maximum atomic E-state index is 13.3. The van der Waals surface area contributed by atoms with E-state index in [1.165, 1.54) is 11.0 Å². The van der Waals surface area contributed by atoms with Crippen molar-refractivity contribution in [3.63, 3.8) is 0 Å². The number of rotatable bonds is 4. The van der Waals surface area contributed by atoms with E-state index >= 15 is 0 Å². The number of hydrogen-bond acceptors (Lipinski definition) is 4. The summed E-state index contributed by atoms with van der Waals surface area (Å²) in [6, 6.07) is 3.31. The number of likely N-dealkylation sites (tertiary alicyclic amines) is 1. The molecule has 0 atom stereocenters. The van der Waals surface area contributed by atoms with Gasteiger partial charge >= 0.3 is 6.18 Å². The molecule has 0 unspecified atom stereocenters. The molecule has 1 saturated heterocycles. The van der Waals surface area contributed by atoms with E-state index in [1.807, 2.05) is 0 Å². The standard InChI is InChI=1S/C19H23F3N2O3/c1-4-23(26)11-14-17(24-9-5-6-16(24)25)13-10-12(19(20,21)22)7-8-15(13)27-18(14,2)3/h7-8,10,26H,4-6,9,11H2,1-3H3. The Hall–Kier alpha value is -2.06. The fourth-order valence-electron chi connectivity index (χ4n) is 3.52. The van der Waals surface area contributed by atoms with Gasteiger partial charge in [-0.25, -0.2) is 0 Å². The van der Waals surface area contributed by atoms with Crippen molar-refractivity contribution in [2.24, 2.45) is 0 Å². The molecule has 8 heteroatoms. The van der Waals surface area contributed by atoms with Gasteiger partial charge in [0.15, 0.2) is 0 Å². The van der Waals surface area contributed by atoms with Gasteiger partial charge in [0.2, 0.25) is 5.91 Å². The number of likely N-dealkylation sites (N-methyl/N-ethyl adjacent to an activating group) is 1. The average Bonchev–Trinajstić information content (AvgIpc) is 2.99. The number of halogens is 3. The summed E-state index contributed by atoms with van der Waals surface area (Å²) in [6.45, 7) is 6.16. The summed E-state index contributed by atoms with van der Waals surface area (Å²) in [5.74, 6) is 0.164. The van der Waals surface area contributed by atoms with E-state index in [0.29, 0.717) is 43.0 Å². The second-order valence-electron chi connectivity index (χ2n) is 7.28. The summed E-state index contributed by atoms with van der Waals surface area (Å²) in [7, 11) is 0. The topological polar surface area (TPSA) is 53.0 Å². The van der Waals surface area contributed by atoms with E-state index in [2.05, 4.69) is 0 Å². The van der Waals surface area contributed by atoms with E-state index in [9.17, 15) is 23.2 Å². The zero-order valence-corrected chi connectivity index (χ0v) is 15.6. The number of hydroxylamine groups is 2. The van der Waals surface area contributed by atoms with Gasteiger partial charge in [0, 0.05) is 30.6 Å². The number of ether oxygens (including phenoxy) is 1. The molecule has 0 bridgehead atoms. The molecule has 27 heavy (non-hydrogen) atoms. The van der Waals surface area contributed by atoms with Gasteiger partial charge in [0.1, 0.15) is 11.4 Å². The van der Waals surface area contributed by atoms with Crippen LogP contribution < -0.4 is 4.74 Å². The predicted molar refractivity (Wildman–Crippen MR) is 93.1 cm³/mol. The van der Waals surface area contributed by atoms with Crippen LogP contribution in [0.25, 0.3) is 5.70 Å². The van der Waals surface area contributed by atoms with Crippen LogP contribution in [0.4, 0.5) is 13.2 Å². The minimum absolute atomic E-state index is 0.0678. The van der Waals surface area contributed by atoms with Gasteiger partial charge in [-0.05, 0) is 38.5 Å². The molecule has 0 aliphatic carbocycles. The molecule has 0 aromatic heterocycles. The number of fused-ring (bicyclic) bond motifs is 1. The number of carbonyl (C=O) groups excluding carboxylic acids is 1. The minimum Gasteiger partial charge on any atom is -0.483 e. The van der Waals surface area contributed by atoms with Crippen LogP contribution in [0.5, 0.6) is 5.75 Å². The maximum absolute atomic E-state index is 13.3. The molecule has 148 valence electrons. The molecule has 1 aromatic carbocycles. The van der Waals surface area contributed by atoms with E-state index < -0.39 is 17.3 Å². The SMILES string of the molecule is CCN(O)CC1=C(N2CCCC2=O)c2cc(C(F)(F)F)ccc2OC1(C)C. The van der Waals surface area contributed by atoms with Crippen LogP contribution in [0.15, 0.2) is 23.8 Å². The second-order valence-corrected chi connectivity index (χ2v) is 7.28. The van der Waals surface area contributed by atoms with Gasteiger partial charge < -0.3 is 14.8 Å². The third-order valence-electron chi connectivity index (χ3n) is 4.99. The Balaban J connectivity index is 2.24. The van der Waals surface area contributed by atoms with Crippen molar-refractivity contribution in [3.05, 3.63) is 34.9 Å². The molecule has 2 aliphatic rings. The van der Waals surface area contributed by atoms with Crippen molar-refractivity contribution < 1.29 is 27.9 Å². The molecule has 3 rings (SSSR count). The lowest BCUT2D eigenvalue weighted by Gasteiger charge is -2.40. The lowest BCUT2D eigenvalue weighted by molar-refractivity contribution is -0.137. The zero-order valence-electron chi connectivity index (χ0n) is 15.6. The Morgan fingerprint density at radius 3 is 2.59 bits per heavy atom. The molecule has 2 heterocycles. The third kappa shape index (κ3) is 3.68. The number of nitrogens with zero attached hydrogens (tertiary/aromatic N) is 2. The summed E-state index contributed by atoms with van der Waals surface area (Å²) in [6.07, 6.45) is -3.51. The normalized spacial score (nSPS) is 19.6. The van der Waals surface area contributed by atoms with Gasteiger partial charge in [0.05, 0.1) is 17.8 Å². The summed E-state index contributed by atoms with van der Waals surface area (Å²) in [5.41, 5.74) is -0.458. The van der Waals surface area contributed by atoms with E-state index in [0.717, 1.165) is 17.2 Å². The van der Waals surface area contributed by atoms with Crippen molar-refractivity contribution >= 4 is 11.6 Å². The van der Waals surface area contributed by atoms with Gasteiger partial charge in [-0.1, -0.05) is 6.92 Å². The third-order valence-corrected chi connectivity index (χ3v) is 4.99. The first-order chi connectivity index (χ1) is 12.5. The minimum atomic E-state index is -4.51. The lowest BCUT2D eigenvalue weighted by atomic mass is 9.88. The highest BCUT2D eigenvalue weighted by molar-refractivity contribution is 5.91. The molecule has 0 spiro atoms. The molecule has 1 N–H and O–H groups in total. The molecule has 5 nitrogen and oxygen atoms in total. The van der Waals surface area contributed by atoms with Crippen molar-refractivity contribution in [2.45, 2.75) is 45.4 Å². The van der Waals surface area contributed by atoms with Crippen LogP contribution in [0.3, 0.4) is 0 Å². The zero-order chi connectivity index (χ0) is 20.0.